The predicted octanol–water partition coefficient (Wildman–Crippen LogP) is 2.97. The van der Waals surface area contributed by atoms with E-state index in [0.29, 0.717) is 15.9 Å². The van der Waals surface area contributed by atoms with Crippen LogP contribution in [-0.4, -0.2) is 38.9 Å². The molecule has 20 heavy (non-hydrogen) atoms. The highest BCUT2D eigenvalue weighted by Crippen LogP contribution is 2.28. The van der Waals surface area contributed by atoms with E-state index in [9.17, 15) is 8.42 Å². The smallest absolute Gasteiger partial charge is 0.244 e. The Bertz CT molecular complexity index is 572. The highest BCUT2D eigenvalue weighted by Gasteiger charge is 2.26. The van der Waals surface area contributed by atoms with Gasteiger partial charge in [-0.2, -0.15) is 4.31 Å². The fourth-order valence-corrected chi connectivity index (χ4v) is 5.01. The number of piperidine rings is 1. The van der Waals surface area contributed by atoms with Gasteiger partial charge in [-0.25, -0.2) is 8.42 Å². The van der Waals surface area contributed by atoms with Crippen molar-refractivity contribution >= 4 is 41.9 Å². The first-order valence-electron chi connectivity index (χ1n) is 6.56. The Morgan fingerprint density at radius 3 is 2.75 bits per heavy atom. The molecule has 7 heteroatoms. The Labute approximate surface area is 137 Å². The molecule has 0 saturated carbocycles. The van der Waals surface area contributed by atoms with Gasteiger partial charge in [-0.15, -0.1) is 0 Å². The standard InChI is InChI=1S/C13H18Br2N2O2S/c1-17(9-11-4-2-3-7-16-11)20(18,19)13-8-10(14)5-6-12(13)15/h5-6,8,11,16H,2-4,7,9H2,1H3. The summed E-state index contributed by atoms with van der Waals surface area (Å²) in [5, 5.41) is 3.37. The number of likely N-dealkylation sites (N-methyl/N-ethyl adjacent to an activating group) is 1. The van der Waals surface area contributed by atoms with Crippen molar-refractivity contribution in [3.05, 3.63) is 27.1 Å². The Morgan fingerprint density at radius 2 is 2.10 bits per heavy atom. The van der Waals surface area contributed by atoms with E-state index < -0.39 is 10.0 Å². The summed E-state index contributed by atoms with van der Waals surface area (Å²) in [6, 6.07) is 5.43. The lowest BCUT2D eigenvalue weighted by atomic mass is 10.1. The highest BCUT2D eigenvalue weighted by atomic mass is 79.9. The van der Waals surface area contributed by atoms with Gasteiger partial charge in [0.15, 0.2) is 0 Å². The third-order valence-corrected chi connectivity index (χ3v) is 6.78. The van der Waals surface area contributed by atoms with Crippen LogP contribution in [0.15, 0.2) is 32.0 Å². The fourth-order valence-electron chi connectivity index (χ4n) is 2.33. The second-order valence-corrected chi connectivity index (χ2v) is 8.79. The van der Waals surface area contributed by atoms with E-state index in [1.165, 1.54) is 10.7 Å². The molecule has 1 N–H and O–H groups in total. The average Bonchev–Trinajstić information content (AvgIpc) is 2.42. The van der Waals surface area contributed by atoms with Crippen molar-refractivity contribution in [3.63, 3.8) is 0 Å². The number of nitrogens with zero attached hydrogens (tertiary/aromatic N) is 1. The van der Waals surface area contributed by atoms with Gasteiger partial charge < -0.3 is 5.32 Å². The van der Waals surface area contributed by atoms with E-state index in [0.717, 1.165) is 23.9 Å². The van der Waals surface area contributed by atoms with Gasteiger partial charge >= 0.3 is 0 Å². The number of halogens is 2. The molecule has 1 saturated heterocycles. The summed E-state index contributed by atoms with van der Waals surface area (Å²) < 4.78 is 28.0. The molecule has 0 amide bonds. The predicted molar refractivity (Wildman–Crippen MR) is 87.3 cm³/mol. The number of rotatable bonds is 4. The molecule has 2 rings (SSSR count). The summed E-state index contributed by atoms with van der Waals surface area (Å²) in [5.74, 6) is 0. The van der Waals surface area contributed by atoms with Gasteiger partial charge in [-0.3, -0.25) is 0 Å². The molecule has 1 aliphatic rings. The Kier molecular flexibility index (Phi) is 5.64. The molecule has 1 fully saturated rings. The first-order valence-corrected chi connectivity index (χ1v) is 9.58. The van der Waals surface area contributed by atoms with Crippen molar-refractivity contribution in [2.45, 2.75) is 30.2 Å². The third-order valence-electron chi connectivity index (χ3n) is 3.47. The van der Waals surface area contributed by atoms with Crippen molar-refractivity contribution in [1.82, 2.24) is 9.62 Å². The third kappa shape index (κ3) is 3.82. The highest BCUT2D eigenvalue weighted by molar-refractivity contribution is 9.11. The average molecular weight is 426 g/mol. The van der Waals surface area contributed by atoms with Gasteiger partial charge in [0.05, 0.1) is 4.90 Å². The Balaban J connectivity index is 2.18. The lowest BCUT2D eigenvalue weighted by Crippen LogP contribution is -2.44. The molecule has 1 atom stereocenters. The van der Waals surface area contributed by atoms with Gasteiger partial charge in [-0.1, -0.05) is 22.4 Å². The topological polar surface area (TPSA) is 49.4 Å². The van der Waals surface area contributed by atoms with Gasteiger partial charge in [0.25, 0.3) is 0 Å². The summed E-state index contributed by atoms with van der Waals surface area (Å²) in [6.45, 7) is 1.47. The maximum Gasteiger partial charge on any atom is 0.244 e. The summed E-state index contributed by atoms with van der Waals surface area (Å²) in [4.78, 5) is 0.296. The first-order chi connectivity index (χ1) is 9.41. The van der Waals surface area contributed by atoms with Crippen LogP contribution in [0, 0.1) is 0 Å². The number of nitrogens with one attached hydrogen (secondary N) is 1. The summed E-state index contributed by atoms with van der Waals surface area (Å²) >= 11 is 6.64. The van der Waals surface area contributed by atoms with Crippen LogP contribution in [0.4, 0.5) is 0 Å². The minimum Gasteiger partial charge on any atom is -0.313 e. The van der Waals surface area contributed by atoms with E-state index in [-0.39, 0.29) is 6.04 Å². The molecule has 1 aromatic rings. The van der Waals surface area contributed by atoms with Crippen LogP contribution in [0.3, 0.4) is 0 Å². The van der Waals surface area contributed by atoms with Crippen LogP contribution < -0.4 is 5.32 Å². The maximum atomic E-state index is 12.6. The summed E-state index contributed by atoms with van der Waals surface area (Å²) in [5.41, 5.74) is 0. The zero-order valence-corrected chi connectivity index (χ0v) is 15.3. The molecule has 0 aliphatic carbocycles. The number of sulfonamides is 1. The van der Waals surface area contributed by atoms with E-state index in [4.69, 9.17) is 0 Å². The lowest BCUT2D eigenvalue weighted by Gasteiger charge is -2.28. The molecular weight excluding hydrogens is 408 g/mol. The zero-order chi connectivity index (χ0) is 14.8. The van der Waals surface area contributed by atoms with Crippen LogP contribution >= 0.6 is 31.9 Å². The van der Waals surface area contributed by atoms with Gasteiger partial charge in [0.1, 0.15) is 0 Å². The maximum absolute atomic E-state index is 12.6. The van der Waals surface area contributed by atoms with Crippen LogP contribution in [0.25, 0.3) is 0 Å². The number of hydrogen-bond donors (Lipinski definition) is 1. The van der Waals surface area contributed by atoms with E-state index in [1.54, 1.807) is 19.2 Å². The van der Waals surface area contributed by atoms with Crippen LogP contribution in [0.1, 0.15) is 19.3 Å². The first kappa shape index (κ1) is 16.4. The molecule has 1 unspecified atom stereocenters. The summed E-state index contributed by atoms with van der Waals surface area (Å²) in [6.07, 6.45) is 3.36. The van der Waals surface area contributed by atoms with Crippen LogP contribution in [0.5, 0.6) is 0 Å². The van der Waals surface area contributed by atoms with Crippen molar-refractivity contribution in [1.29, 1.82) is 0 Å². The van der Waals surface area contributed by atoms with Crippen molar-refractivity contribution < 1.29 is 8.42 Å². The molecule has 0 aromatic heterocycles. The van der Waals surface area contributed by atoms with Crippen molar-refractivity contribution in [2.75, 3.05) is 20.1 Å². The molecule has 4 nitrogen and oxygen atoms in total. The minimum atomic E-state index is -3.48. The molecule has 0 spiro atoms. The SMILES string of the molecule is CN(CC1CCCCN1)S(=O)(=O)c1cc(Br)ccc1Br. The normalized spacial score (nSPS) is 20.3. The largest absolute Gasteiger partial charge is 0.313 e. The van der Waals surface area contributed by atoms with E-state index >= 15 is 0 Å². The molecule has 0 bridgehead atoms. The van der Waals surface area contributed by atoms with Crippen LogP contribution in [0.2, 0.25) is 0 Å². The monoisotopic (exact) mass is 424 g/mol. The van der Waals surface area contributed by atoms with Crippen molar-refractivity contribution in [3.8, 4) is 0 Å². The number of hydrogen-bond acceptors (Lipinski definition) is 3. The summed E-state index contributed by atoms with van der Waals surface area (Å²) in [7, 11) is -1.84. The molecule has 1 aromatic carbocycles. The van der Waals surface area contributed by atoms with Gasteiger partial charge in [0, 0.05) is 28.6 Å². The van der Waals surface area contributed by atoms with Gasteiger partial charge in [0.2, 0.25) is 10.0 Å². The molecule has 1 heterocycles. The second-order valence-electron chi connectivity index (χ2n) is 5.01. The molecular formula is C13H18Br2N2O2S. The second kappa shape index (κ2) is 6.87. The molecule has 0 radical (unpaired) electrons. The Morgan fingerprint density at radius 1 is 1.35 bits per heavy atom. The Hall–Kier alpha value is 0.0500. The lowest BCUT2D eigenvalue weighted by molar-refractivity contribution is 0.337. The van der Waals surface area contributed by atoms with E-state index in [2.05, 4.69) is 37.2 Å². The van der Waals surface area contributed by atoms with Gasteiger partial charge in [-0.05, 0) is 53.5 Å². The molecule has 1 aliphatic heterocycles. The van der Waals surface area contributed by atoms with Crippen molar-refractivity contribution in [2.24, 2.45) is 0 Å². The fraction of sp³-hybridized carbons (Fsp3) is 0.538. The quantitative estimate of drug-likeness (QED) is 0.806. The van der Waals surface area contributed by atoms with Crippen LogP contribution in [-0.2, 0) is 10.0 Å². The molecule has 112 valence electrons. The number of benzene rings is 1. The minimum absolute atomic E-state index is 0.245. The van der Waals surface area contributed by atoms with E-state index in [1.807, 2.05) is 6.07 Å². The zero-order valence-electron chi connectivity index (χ0n) is 11.3.